The summed E-state index contributed by atoms with van der Waals surface area (Å²) in [4.78, 5) is 12.0. The number of thiocarbonyl (C=S) groups is 1. The largest absolute Gasteiger partial charge is 0.763 e. The Morgan fingerprint density at radius 1 is 1.42 bits per heavy atom. The Hall–Kier alpha value is -2.28. The molecule has 0 aromatic heterocycles. The number of hydrogen-bond acceptors (Lipinski definition) is 3. The Kier molecular flexibility index (Phi) is 3.30. The van der Waals surface area contributed by atoms with Gasteiger partial charge in [0.15, 0.2) is 0 Å². The monoisotopic (exact) mass is 268 g/mol. The summed E-state index contributed by atoms with van der Waals surface area (Å²) in [7, 11) is 0. The number of piperidine rings is 1. The molecule has 1 aliphatic heterocycles. The highest BCUT2D eigenvalue weighted by Crippen LogP contribution is 2.40. The van der Waals surface area contributed by atoms with Crippen molar-refractivity contribution in [2.24, 2.45) is 5.92 Å². The number of nitriles is 1. The minimum Gasteiger partial charge on any atom is -0.763 e. The maximum atomic E-state index is 11.9. The van der Waals surface area contributed by atoms with E-state index in [1.54, 1.807) is 31.2 Å². The third-order valence-electron chi connectivity index (χ3n) is 3.44. The minimum atomic E-state index is -1.01. The molecule has 0 unspecified atom stereocenters. The van der Waals surface area contributed by atoms with Crippen LogP contribution in [0.3, 0.4) is 0 Å². The van der Waals surface area contributed by atoms with Crippen molar-refractivity contribution in [3.63, 3.8) is 0 Å². The molecule has 0 spiro atoms. The molecule has 5 heteroatoms. The summed E-state index contributed by atoms with van der Waals surface area (Å²) in [5.74, 6) is 0.601. The Bertz CT molecular complexity index is 640. The van der Waals surface area contributed by atoms with E-state index >= 15 is 0 Å². The zero-order valence-electron chi connectivity index (χ0n) is 10.2. The Labute approximate surface area is 116 Å². The van der Waals surface area contributed by atoms with Crippen LogP contribution in [0.15, 0.2) is 35.9 Å². The third-order valence-corrected chi connectivity index (χ3v) is 3.74. The predicted molar refractivity (Wildman–Crippen MR) is 75.5 cm³/mol. The average Bonchev–Trinajstić information content (AvgIpc) is 2.40. The SMILES string of the molecule is C[C@]1(c2ccccc2)C(=C=[N-])C(=S)NC(=O)[C@H]1C#N. The number of rotatable bonds is 1. The van der Waals surface area contributed by atoms with Gasteiger partial charge in [0.25, 0.3) is 0 Å². The molecule has 19 heavy (non-hydrogen) atoms. The molecular formula is C14H10N3OS-. The number of carbonyl (C=O) groups excluding carboxylic acids is 1. The first-order valence-electron chi connectivity index (χ1n) is 5.63. The summed E-state index contributed by atoms with van der Waals surface area (Å²) >= 11 is 5.05. The van der Waals surface area contributed by atoms with E-state index in [0.717, 1.165) is 5.56 Å². The maximum Gasteiger partial charge on any atom is 0.243 e. The molecule has 4 nitrogen and oxygen atoms in total. The van der Waals surface area contributed by atoms with Crippen LogP contribution in [-0.4, -0.2) is 16.8 Å². The van der Waals surface area contributed by atoms with Crippen molar-refractivity contribution in [2.75, 3.05) is 0 Å². The normalized spacial score (nSPS) is 26.3. The first kappa shape index (κ1) is 13.2. The van der Waals surface area contributed by atoms with E-state index in [2.05, 4.69) is 5.32 Å². The van der Waals surface area contributed by atoms with Crippen LogP contribution in [-0.2, 0) is 10.2 Å². The molecule has 0 aliphatic carbocycles. The van der Waals surface area contributed by atoms with Crippen molar-refractivity contribution >= 4 is 29.0 Å². The quantitative estimate of drug-likeness (QED) is 0.478. The molecule has 1 saturated heterocycles. The van der Waals surface area contributed by atoms with Gasteiger partial charge in [-0.1, -0.05) is 42.5 Å². The lowest BCUT2D eigenvalue weighted by Gasteiger charge is -2.39. The van der Waals surface area contributed by atoms with Crippen molar-refractivity contribution in [3.8, 4) is 6.07 Å². The van der Waals surface area contributed by atoms with E-state index in [0.29, 0.717) is 0 Å². The molecule has 1 heterocycles. The second-order valence-corrected chi connectivity index (χ2v) is 4.84. The second kappa shape index (κ2) is 4.77. The van der Waals surface area contributed by atoms with Crippen LogP contribution in [0, 0.1) is 17.2 Å². The number of nitrogens with one attached hydrogen (secondary N) is 1. The van der Waals surface area contributed by atoms with Crippen LogP contribution in [0.2, 0.25) is 0 Å². The topological polar surface area (TPSA) is 75.2 Å². The highest BCUT2D eigenvalue weighted by atomic mass is 32.1. The zero-order chi connectivity index (χ0) is 14.0. The molecular weight excluding hydrogens is 258 g/mol. The molecule has 1 fully saturated rings. The van der Waals surface area contributed by atoms with Gasteiger partial charge in [-0.15, -0.1) is 0 Å². The number of amides is 1. The first-order valence-corrected chi connectivity index (χ1v) is 6.04. The van der Waals surface area contributed by atoms with Crippen LogP contribution in [0.25, 0.3) is 5.41 Å². The molecule has 2 rings (SSSR count). The Morgan fingerprint density at radius 2 is 2.05 bits per heavy atom. The molecule has 94 valence electrons. The molecule has 0 saturated carbocycles. The van der Waals surface area contributed by atoms with E-state index < -0.39 is 17.2 Å². The summed E-state index contributed by atoms with van der Waals surface area (Å²) in [6.45, 7) is 1.71. The highest BCUT2D eigenvalue weighted by Gasteiger charge is 2.48. The summed E-state index contributed by atoms with van der Waals surface area (Å²) in [5, 5.41) is 21.0. The Balaban J connectivity index is 2.72. The van der Waals surface area contributed by atoms with E-state index in [-0.39, 0.29) is 10.6 Å². The predicted octanol–water partition coefficient (Wildman–Crippen LogP) is 1.71. The van der Waals surface area contributed by atoms with Crippen molar-refractivity contribution < 1.29 is 4.79 Å². The molecule has 1 aliphatic rings. The Morgan fingerprint density at radius 3 is 2.58 bits per heavy atom. The van der Waals surface area contributed by atoms with Gasteiger partial charge in [-0.05, 0) is 12.5 Å². The molecule has 1 amide bonds. The van der Waals surface area contributed by atoms with E-state index in [4.69, 9.17) is 12.2 Å². The molecule has 1 aromatic rings. The lowest BCUT2D eigenvalue weighted by atomic mass is 9.65. The zero-order valence-corrected chi connectivity index (χ0v) is 11.0. The van der Waals surface area contributed by atoms with Crippen molar-refractivity contribution in [1.29, 1.82) is 5.26 Å². The fourth-order valence-corrected chi connectivity index (χ4v) is 2.70. The van der Waals surface area contributed by atoms with E-state index in [1.165, 1.54) is 0 Å². The fourth-order valence-electron chi connectivity index (χ4n) is 2.34. The summed E-state index contributed by atoms with van der Waals surface area (Å²) in [6, 6.07) is 11.0. The second-order valence-electron chi connectivity index (χ2n) is 4.44. The lowest BCUT2D eigenvalue weighted by molar-refractivity contribution is -0.123. The number of carbonyl (C=O) groups is 1. The molecule has 0 radical (unpaired) electrons. The number of benzene rings is 1. The molecule has 0 bridgehead atoms. The van der Waals surface area contributed by atoms with Gasteiger partial charge in [0.2, 0.25) is 5.91 Å². The average molecular weight is 268 g/mol. The smallest absolute Gasteiger partial charge is 0.243 e. The van der Waals surface area contributed by atoms with Crippen LogP contribution in [0.1, 0.15) is 12.5 Å². The first-order chi connectivity index (χ1) is 9.05. The van der Waals surface area contributed by atoms with Gasteiger partial charge in [0.05, 0.1) is 11.5 Å². The van der Waals surface area contributed by atoms with Crippen LogP contribution >= 0.6 is 12.2 Å². The molecule has 1 N–H and O–H groups in total. The molecule has 2 atom stereocenters. The maximum absolute atomic E-state index is 11.9. The van der Waals surface area contributed by atoms with E-state index in [1.807, 2.05) is 18.0 Å². The van der Waals surface area contributed by atoms with Gasteiger partial charge < -0.3 is 10.7 Å². The fraction of sp³-hybridized carbons (Fsp3) is 0.214. The van der Waals surface area contributed by atoms with Crippen molar-refractivity contribution in [1.82, 2.24) is 5.32 Å². The van der Waals surface area contributed by atoms with Gasteiger partial charge in [0, 0.05) is 5.57 Å². The van der Waals surface area contributed by atoms with Crippen LogP contribution < -0.4 is 5.32 Å². The minimum absolute atomic E-state index is 0.102. The summed E-state index contributed by atoms with van der Waals surface area (Å²) < 4.78 is 0. The van der Waals surface area contributed by atoms with Gasteiger partial charge in [0.1, 0.15) is 10.9 Å². The van der Waals surface area contributed by atoms with Crippen molar-refractivity contribution in [2.45, 2.75) is 12.3 Å². The van der Waals surface area contributed by atoms with E-state index in [9.17, 15) is 15.5 Å². The lowest BCUT2D eigenvalue weighted by Crippen LogP contribution is -2.54. The van der Waals surface area contributed by atoms with Gasteiger partial charge >= 0.3 is 0 Å². The van der Waals surface area contributed by atoms with Crippen LogP contribution in [0.5, 0.6) is 0 Å². The third kappa shape index (κ3) is 1.88. The number of hydrogen-bond donors (Lipinski definition) is 1. The van der Waals surface area contributed by atoms with Gasteiger partial charge in [-0.2, -0.15) is 5.26 Å². The summed E-state index contributed by atoms with van der Waals surface area (Å²) in [5.41, 5.74) is -0.0281. The van der Waals surface area contributed by atoms with Crippen molar-refractivity contribution in [3.05, 3.63) is 46.9 Å². The number of nitrogens with zero attached hydrogens (tertiary/aromatic N) is 2. The van der Waals surface area contributed by atoms with Crippen LogP contribution in [0.4, 0.5) is 0 Å². The highest BCUT2D eigenvalue weighted by molar-refractivity contribution is 7.80. The van der Waals surface area contributed by atoms with Gasteiger partial charge in [-0.25, -0.2) is 0 Å². The molecule has 1 aromatic carbocycles. The summed E-state index contributed by atoms with van der Waals surface area (Å²) in [6.07, 6.45) is 0. The van der Waals surface area contributed by atoms with Gasteiger partial charge in [-0.3, -0.25) is 10.7 Å². The standard InChI is InChI=1S/C14H10N3OS/c1-14(9-5-3-2-4-6-9)10(7-15)12(18)17-13(19)11(14)8-16/h2-6,10H,1H3,(H,17,18,19)/q-1/t10-,14-/m1/s1.